The van der Waals surface area contributed by atoms with Crippen LogP contribution in [0, 0.1) is 5.95 Å². The van der Waals surface area contributed by atoms with Crippen LogP contribution in [0.1, 0.15) is 27.7 Å². The van der Waals surface area contributed by atoms with E-state index in [2.05, 4.69) is 4.98 Å². The lowest BCUT2D eigenvalue weighted by atomic mass is 10.2. The van der Waals surface area contributed by atoms with E-state index in [4.69, 9.17) is 9.47 Å². The molecule has 1 atom stereocenters. The second kappa shape index (κ2) is 6.54. The van der Waals surface area contributed by atoms with E-state index in [0.29, 0.717) is 5.75 Å². The molecule has 0 N–H and O–H groups in total. The third kappa shape index (κ3) is 5.42. The van der Waals surface area contributed by atoms with Gasteiger partial charge in [0.2, 0.25) is 5.95 Å². The van der Waals surface area contributed by atoms with E-state index in [-0.39, 0.29) is 12.6 Å². The Morgan fingerprint density at radius 3 is 2.60 bits per heavy atom. The summed E-state index contributed by atoms with van der Waals surface area (Å²) in [5, 5.41) is 0. The minimum Gasteiger partial charge on any atom is -0.490 e. The average molecular weight is 284 g/mol. The molecule has 0 saturated heterocycles. The maximum absolute atomic E-state index is 12.6. The molecule has 0 aromatic carbocycles. The van der Waals surface area contributed by atoms with Crippen LogP contribution in [-0.4, -0.2) is 41.3 Å². The van der Waals surface area contributed by atoms with Crippen LogP contribution >= 0.6 is 0 Å². The summed E-state index contributed by atoms with van der Waals surface area (Å²) in [4.78, 5) is 16.8. The van der Waals surface area contributed by atoms with Crippen LogP contribution in [0.5, 0.6) is 5.75 Å². The van der Waals surface area contributed by atoms with Crippen molar-refractivity contribution in [2.45, 2.75) is 39.3 Å². The van der Waals surface area contributed by atoms with Crippen LogP contribution in [0.2, 0.25) is 0 Å². The molecule has 1 aromatic heterocycles. The van der Waals surface area contributed by atoms with Gasteiger partial charge in [-0.15, -0.1) is 0 Å². The second-order valence-corrected chi connectivity index (χ2v) is 5.57. The van der Waals surface area contributed by atoms with Gasteiger partial charge in [0, 0.05) is 7.05 Å². The van der Waals surface area contributed by atoms with E-state index in [1.165, 1.54) is 23.2 Å². The molecular weight excluding hydrogens is 263 g/mol. The third-order valence-electron chi connectivity index (χ3n) is 2.53. The predicted molar refractivity (Wildman–Crippen MR) is 73.1 cm³/mol. The monoisotopic (exact) mass is 284 g/mol. The summed E-state index contributed by atoms with van der Waals surface area (Å²) in [5.74, 6) is -0.105. The van der Waals surface area contributed by atoms with Gasteiger partial charge in [-0.1, -0.05) is 0 Å². The summed E-state index contributed by atoms with van der Waals surface area (Å²) in [5.41, 5.74) is -0.535. The van der Waals surface area contributed by atoms with Crippen molar-refractivity contribution in [3.05, 3.63) is 24.3 Å². The van der Waals surface area contributed by atoms with Crippen LogP contribution in [0.25, 0.3) is 0 Å². The number of ether oxygens (including phenoxy) is 2. The fraction of sp³-hybridized carbons (Fsp3) is 0.571. The quantitative estimate of drug-likeness (QED) is 0.798. The van der Waals surface area contributed by atoms with Gasteiger partial charge in [0.1, 0.15) is 18.0 Å². The number of likely N-dealkylation sites (N-methyl/N-ethyl adjacent to an activating group) is 1. The second-order valence-electron chi connectivity index (χ2n) is 5.57. The number of halogens is 1. The zero-order valence-electron chi connectivity index (χ0n) is 12.5. The molecule has 5 nitrogen and oxygen atoms in total. The Bertz CT molecular complexity index is 443. The lowest BCUT2D eigenvalue weighted by Gasteiger charge is -2.28. The van der Waals surface area contributed by atoms with Crippen LogP contribution in [0.4, 0.5) is 9.18 Å². The number of amides is 1. The first-order valence-corrected chi connectivity index (χ1v) is 6.39. The molecule has 6 heteroatoms. The van der Waals surface area contributed by atoms with E-state index in [1.54, 1.807) is 7.05 Å². The molecule has 0 aliphatic carbocycles. The van der Waals surface area contributed by atoms with Gasteiger partial charge < -0.3 is 14.4 Å². The van der Waals surface area contributed by atoms with Crippen LogP contribution in [0.3, 0.4) is 0 Å². The van der Waals surface area contributed by atoms with Gasteiger partial charge in [0.25, 0.3) is 0 Å². The van der Waals surface area contributed by atoms with E-state index >= 15 is 0 Å². The summed E-state index contributed by atoms with van der Waals surface area (Å²) < 4.78 is 23.3. The molecule has 0 fully saturated rings. The van der Waals surface area contributed by atoms with Crippen molar-refractivity contribution in [2.24, 2.45) is 0 Å². The molecule has 1 amide bonds. The smallest absolute Gasteiger partial charge is 0.410 e. The highest BCUT2D eigenvalue weighted by atomic mass is 19.1. The number of carbonyl (C=O) groups excluding carboxylic acids is 1. The highest BCUT2D eigenvalue weighted by molar-refractivity contribution is 5.68. The average Bonchev–Trinajstić information content (AvgIpc) is 2.34. The first-order valence-electron chi connectivity index (χ1n) is 6.39. The Morgan fingerprint density at radius 2 is 2.10 bits per heavy atom. The van der Waals surface area contributed by atoms with Crippen LogP contribution in [-0.2, 0) is 4.74 Å². The van der Waals surface area contributed by atoms with Crippen molar-refractivity contribution in [3.8, 4) is 5.75 Å². The van der Waals surface area contributed by atoms with Gasteiger partial charge in [-0.2, -0.15) is 4.39 Å². The fourth-order valence-corrected chi connectivity index (χ4v) is 1.29. The van der Waals surface area contributed by atoms with Gasteiger partial charge in [-0.3, -0.25) is 0 Å². The molecule has 0 radical (unpaired) electrons. The standard InChI is InChI=1S/C14H21FN2O3/c1-10(17(5)13(18)20-14(2,3)4)9-19-11-6-7-12(15)16-8-11/h6-8,10H,9H2,1-5H3. The van der Waals surface area contributed by atoms with Gasteiger partial charge in [0.15, 0.2) is 0 Å². The zero-order valence-corrected chi connectivity index (χ0v) is 12.5. The first kappa shape index (κ1) is 16.2. The minimum atomic E-state index is -0.559. The Balaban J connectivity index is 2.47. The van der Waals surface area contributed by atoms with Gasteiger partial charge in [-0.05, 0) is 39.8 Å². The molecule has 1 heterocycles. The summed E-state index contributed by atoms with van der Waals surface area (Å²) in [6.07, 6.45) is 0.890. The number of aromatic nitrogens is 1. The molecule has 112 valence electrons. The van der Waals surface area contributed by atoms with Crippen molar-refractivity contribution in [1.29, 1.82) is 0 Å². The summed E-state index contributed by atoms with van der Waals surface area (Å²) in [6.45, 7) is 7.53. The van der Waals surface area contributed by atoms with Gasteiger partial charge >= 0.3 is 6.09 Å². The highest BCUT2D eigenvalue weighted by Crippen LogP contribution is 2.12. The summed E-state index contributed by atoms with van der Waals surface area (Å²) in [6, 6.07) is 2.52. The van der Waals surface area contributed by atoms with Crippen LogP contribution in [0.15, 0.2) is 18.3 Å². The van der Waals surface area contributed by atoms with Gasteiger partial charge in [0.05, 0.1) is 12.2 Å². The SMILES string of the molecule is CC(COc1ccc(F)nc1)N(C)C(=O)OC(C)(C)C. The first-order chi connectivity index (χ1) is 9.19. The van der Waals surface area contributed by atoms with E-state index < -0.39 is 17.6 Å². The Hall–Kier alpha value is -1.85. The normalized spacial score (nSPS) is 12.7. The molecule has 0 bridgehead atoms. The number of hydrogen-bond donors (Lipinski definition) is 0. The Kier molecular flexibility index (Phi) is 5.30. The third-order valence-corrected chi connectivity index (χ3v) is 2.53. The van der Waals surface area contributed by atoms with Crippen molar-refractivity contribution in [3.63, 3.8) is 0 Å². The summed E-state index contributed by atoms with van der Waals surface area (Å²) in [7, 11) is 1.64. The number of hydrogen-bond acceptors (Lipinski definition) is 4. The maximum atomic E-state index is 12.6. The van der Waals surface area contributed by atoms with Crippen molar-refractivity contribution in [1.82, 2.24) is 9.88 Å². The molecule has 1 unspecified atom stereocenters. The Labute approximate surface area is 118 Å². The zero-order chi connectivity index (χ0) is 15.3. The molecule has 0 aliphatic heterocycles. The number of pyridine rings is 1. The number of carbonyl (C=O) groups is 1. The molecule has 1 rings (SSSR count). The maximum Gasteiger partial charge on any atom is 0.410 e. The number of nitrogens with zero attached hydrogens (tertiary/aromatic N) is 2. The lowest BCUT2D eigenvalue weighted by Crippen LogP contribution is -2.42. The van der Waals surface area contributed by atoms with E-state index in [9.17, 15) is 9.18 Å². The van der Waals surface area contributed by atoms with Crippen LogP contribution < -0.4 is 4.74 Å². The molecule has 20 heavy (non-hydrogen) atoms. The molecule has 0 spiro atoms. The molecule has 0 aliphatic rings. The lowest BCUT2D eigenvalue weighted by molar-refractivity contribution is 0.0195. The molecule has 0 saturated carbocycles. The van der Waals surface area contributed by atoms with Crippen molar-refractivity contribution >= 4 is 6.09 Å². The van der Waals surface area contributed by atoms with Crippen molar-refractivity contribution in [2.75, 3.05) is 13.7 Å². The largest absolute Gasteiger partial charge is 0.490 e. The minimum absolute atomic E-state index is 0.185. The number of rotatable bonds is 4. The highest BCUT2D eigenvalue weighted by Gasteiger charge is 2.23. The Morgan fingerprint density at radius 1 is 1.45 bits per heavy atom. The molecule has 1 aromatic rings. The summed E-state index contributed by atoms with van der Waals surface area (Å²) >= 11 is 0. The fourth-order valence-electron chi connectivity index (χ4n) is 1.29. The van der Waals surface area contributed by atoms with E-state index in [0.717, 1.165) is 0 Å². The van der Waals surface area contributed by atoms with Crippen molar-refractivity contribution < 1.29 is 18.7 Å². The predicted octanol–water partition coefficient (Wildman–Crippen LogP) is 2.85. The topological polar surface area (TPSA) is 51.7 Å². The van der Waals surface area contributed by atoms with Gasteiger partial charge in [-0.25, -0.2) is 9.78 Å². The molecular formula is C14H21FN2O3. The van der Waals surface area contributed by atoms with E-state index in [1.807, 2.05) is 27.7 Å².